The lowest BCUT2D eigenvalue weighted by atomic mass is 10.2. The molecule has 80 valence electrons. The first kappa shape index (κ1) is 9.98. The molecule has 1 heterocycles. The van der Waals surface area contributed by atoms with Gasteiger partial charge >= 0.3 is 0 Å². The van der Waals surface area contributed by atoms with E-state index in [2.05, 4.69) is 17.4 Å². The average Bonchev–Trinajstić information content (AvgIpc) is 2.78. The minimum absolute atomic E-state index is 0.0714. The lowest BCUT2D eigenvalue weighted by Crippen LogP contribution is -2.20. The number of ether oxygens (including phenoxy) is 1. The fourth-order valence-corrected chi connectivity index (χ4v) is 1.36. The predicted molar refractivity (Wildman–Crippen MR) is 57.8 cm³/mol. The van der Waals surface area contributed by atoms with Crippen molar-refractivity contribution in [2.24, 2.45) is 4.99 Å². The molecule has 0 aromatic heterocycles. The molecule has 1 unspecified atom stereocenters. The van der Waals surface area contributed by atoms with Crippen molar-refractivity contribution in [1.29, 1.82) is 0 Å². The summed E-state index contributed by atoms with van der Waals surface area (Å²) in [7, 11) is 1.65. The van der Waals surface area contributed by atoms with E-state index in [0.29, 0.717) is 5.90 Å². The molecular weight excluding hydrogens is 192 g/mol. The van der Waals surface area contributed by atoms with Crippen LogP contribution in [0, 0.1) is 0 Å². The number of nitrogens with zero attached hydrogens (tertiary/aromatic N) is 1. The lowest BCUT2D eigenvalue weighted by Gasteiger charge is -2.02. The summed E-state index contributed by atoms with van der Waals surface area (Å²) >= 11 is 0. The Morgan fingerprint density at radius 2 is 2.13 bits per heavy atom. The van der Waals surface area contributed by atoms with Crippen molar-refractivity contribution in [3.63, 3.8) is 0 Å². The summed E-state index contributed by atoms with van der Waals surface area (Å²) in [4.78, 5) is 9.65. The van der Waals surface area contributed by atoms with Gasteiger partial charge in [-0.1, -0.05) is 6.92 Å². The molecule has 0 radical (unpaired) electrons. The smallest absolute Gasteiger partial charge is 0.242 e. The second kappa shape index (κ2) is 4.31. The third-order valence-electron chi connectivity index (χ3n) is 2.29. The summed E-state index contributed by atoms with van der Waals surface area (Å²) in [6, 6.07) is 7.63. The first-order valence-corrected chi connectivity index (χ1v) is 4.98. The van der Waals surface area contributed by atoms with Gasteiger partial charge in [0, 0.05) is 5.56 Å². The van der Waals surface area contributed by atoms with Gasteiger partial charge in [0.05, 0.1) is 7.11 Å². The van der Waals surface area contributed by atoms with Gasteiger partial charge in [-0.25, -0.2) is 4.99 Å². The standard InChI is InChI=1S/C11H14N2O2/c1-3-10-12-11(15-13-10)8-4-6-9(14-2)7-5-8/h4-7,10,13H,3H2,1-2H3. The summed E-state index contributed by atoms with van der Waals surface area (Å²) in [5, 5.41) is 0. The van der Waals surface area contributed by atoms with Crippen LogP contribution in [0.15, 0.2) is 29.3 Å². The lowest BCUT2D eigenvalue weighted by molar-refractivity contribution is 0.177. The molecular formula is C11H14N2O2. The summed E-state index contributed by atoms with van der Waals surface area (Å²) in [6.07, 6.45) is 0.988. The SMILES string of the molecule is CCC1N=C(c2ccc(OC)cc2)ON1. The van der Waals surface area contributed by atoms with E-state index in [0.717, 1.165) is 17.7 Å². The summed E-state index contributed by atoms with van der Waals surface area (Å²) in [6.45, 7) is 2.06. The second-order valence-electron chi connectivity index (χ2n) is 3.31. The molecule has 1 atom stereocenters. The zero-order valence-corrected chi connectivity index (χ0v) is 8.86. The van der Waals surface area contributed by atoms with Crippen molar-refractivity contribution in [3.8, 4) is 5.75 Å². The Morgan fingerprint density at radius 3 is 2.67 bits per heavy atom. The van der Waals surface area contributed by atoms with Crippen LogP contribution in [0.25, 0.3) is 0 Å². The Kier molecular flexibility index (Phi) is 2.87. The minimum Gasteiger partial charge on any atom is -0.497 e. The zero-order valence-electron chi connectivity index (χ0n) is 8.86. The van der Waals surface area contributed by atoms with Gasteiger partial charge in [-0.2, -0.15) is 0 Å². The maximum atomic E-state index is 5.28. The van der Waals surface area contributed by atoms with Crippen LogP contribution in [0.2, 0.25) is 0 Å². The van der Waals surface area contributed by atoms with Crippen LogP contribution in [-0.2, 0) is 4.84 Å². The molecule has 1 aromatic carbocycles. The van der Waals surface area contributed by atoms with E-state index in [1.54, 1.807) is 7.11 Å². The number of rotatable bonds is 3. The van der Waals surface area contributed by atoms with Crippen LogP contribution in [0.3, 0.4) is 0 Å². The molecule has 4 heteroatoms. The van der Waals surface area contributed by atoms with E-state index in [4.69, 9.17) is 9.57 Å². The van der Waals surface area contributed by atoms with Gasteiger partial charge < -0.3 is 9.57 Å². The fraction of sp³-hybridized carbons (Fsp3) is 0.364. The second-order valence-corrected chi connectivity index (χ2v) is 3.31. The molecule has 4 nitrogen and oxygen atoms in total. The third kappa shape index (κ3) is 2.10. The van der Waals surface area contributed by atoms with Crippen molar-refractivity contribution >= 4 is 5.90 Å². The van der Waals surface area contributed by atoms with Crippen molar-refractivity contribution in [3.05, 3.63) is 29.8 Å². The topological polar surface area (TPSA) is 42.9 Å². The first-order chi connectivity index (χ1) is 7.33. The summed E-state index contributed by atoms with van der Waals surface area (Å²) in [5.74, 6) is 1.47. The van der Waals surface area contributed by atoms with Gasteiger partial charge in [-0.05, 0) is 30.7 Å². The number of nitrogens with one attached hydrogen (secondary N) is 1. The van der Waals surface area contributed by atoms with E-state index in [-0.39, 0.29) is 6.17 Å². The largest absolute Gasteiger partial charge is 0.497 e. The van der Waals surface area contributed by atoms with Crippen LogP contribution in [0.4, 0.5) is 0 Å². The van der Waals surface area contributed by atoms with Gasteiger partial charge in [-0.15, -0.1) is 5.48 Å². The predicted octanol–water partition coefficient (Wildman–Crippen LogP) is 1.71. The molecule has 2 rings (SSSR count). The highest BCUT2D eigenvalue weighted by atomic mass is 16.7. The highest BCUT2D eigenvalue weighted by Gasteiger charge is 2.17. The summed E-state index contributed by atoms with van der Waals surface area (Å²) < 4.78 is 5.08. The van der Waals surface area contributed by atoms with Crippen LogP contribution in [0.1, 0.15) is 18.9 Å². The van der Waals surface area contributed by atoms with E-state index >= 15 is 0 Å². The summed E-state index contributed by atoms with van der Waals surface area (Å²) in [5.41, 5.74) is 3.81. The highest BCUT2D eigenvalue weighted by Crippen LogP contribution is 2.15. The molecule has 0 amide bonds. The minimum atomic E-state index is 0.0714. The quantitative estimate of drug-likeness (QED) is 0.818. The zero-order chi connectivity index (χ0) is 10.7. The highest BCUT2D eigenvalue weighted by molar-refractivity contribution is 5.94. The molecule has 1 aliphatic heterocycles. The van der Waals surface area contributed by atoms with Crippen molar-refractivity contribution in [2.45, 2.75) is 19.5 Å². The Labute approximate surface area is 88.9 Å². The van der Waals surface area contributed by atoms with Crippen molar-refractivity contribution in [1.82, 2.24) is 5.48 Å². The molecule has 0 aliphatic carbocycles. The van der Waals surface area contributed by atoms with Gasteiger partial charge in [0.2, 0.25) is 5.90 Å². The number of hydrogen-bond acceptors (Lipinski definition) is 4. The van der Waals surface area contributed by atoms with E-state index in [9.17, 15) is 0 Å². The monoisotopic (exact) mass is 206 g/mol. The van der Waals surface area contributed by atoms with Crippen LogP contribution < -0.4 is 10.2 Å². The molecule has 0 bridgehead atoms. The molecule has 1 N–H and O–H groups in total. The Morgan fingerprint density at radius 1 is 1.40 bits per heavy atom. The van der Waals surface area contributed by atoms with Gasteiger partial charge in [-0.3, -0.25) is 0 Å². The number of methoxy groups -OCH3 is 1. The van der Waals surface area contributed by atoms with Gasteiger partial charge in [0.25, 0.3) is 0 Å². The normalized spacial score (nSPS) is 19.6. The van der Waals surface area contributed by atoms with E-state index in [1.165, 1.54) is 0 Å². The van der Waals surface area contributed by atoms with Gasteiger partial charge in [0.1, 0.15) is 11.9 Å². The molecule has 0 saturated heterocycles. The number of aliphatic imine (C=N–C) groups is 1. The van der Waals surface area contributed by atoms with E-state index in [1.807, 2.05) is 24.3 Å². The Hall–Kier alpha value is -1.55. The number of hydroxylamine groups is 1. The number of hydrogen-bond donors (Lipinski definition) is 1. The van der Waals surface area contributed by atoms with Crippen molar-refractivity contribution in [2.75, 3.05) is 7.11 Å². The third-order valence-corrected chi connectivity index (χ3v) is 2.29. The molecule has 15 heavy (non-hydrogen) atoms. The maximum absolute atomic E-state index is 5.28. The van der Waals surface area contributed by atoms with Gasteiger partial charge in [0.15, 0.2) is 0 Å². The average molecular weight is 206 g/mol. The first-order valence-electron chi connectivity index (χ1n) is 4.98. The Bertz CT molecular complexity index is 359. The molecule has 0 saturated carbocycles. The van der Waals surface area contributed by atoms with Crippen LogP contribution in [0.5, 0.6) is 5.75 Å². The van der Waals surface area contributed by atoms with Crippen LogP contribution >= 0.6 is 0 Å². The van der Waals surface area contributed by atoms with Crippen LogP contribution in [-0.4, -0.2) is 19.2 Å². The fourth-order valence-electron chi connectivity index (χ4n) is 1.36. The molecule has 0 spiro atoms. The van der Waals surface area contributed by atoms with Crippen molar-refractivity contribution < 1.29 is 9.57 Å². The molecule has 1 aromatic rings. The van der Waals surface area contributed by atoms with E-state index < -0.39 is 0 Å². The number of benzene rings is 1. The maximum Gasteiger partial charge on any atom is 0.242 e. The molecule has 1 aliphatic rings. The Balaban J connectivity index is 2.16. The molecule has 0 fully saturated rings.